The van der Waals surface area contributed by atoms with Gasteiger partial charge in [-0.15, -0.1) is 11.8 Å². The second-order valence-corrected chi connectivity index (χ2v) is 5.85. The molecular weight excluding hydrogens is 294 g/mol. The highest BCUT2D eigenvalue weighted by atomic mass is 32.2. The van der Waals surface area contributed by atoms with Gasteiger partial charge in [0.1, 0.15) is 17.7 Å². The third kappa shape index (κ3) is 2.96. The fourth-order valence-corrected chi connectivity index (χ4v) is 3.04. The van der Waals surface area contributed by atoms with Crippen molar-refractivity contribution in [3.8, 4) is 0 Å². The zero-order valence-corrected chi connectivity index (χ0v) is 12.1. The average Bonchev–Trinajstić information content (AvgIpc) is 2.85. The summed E-state index contributed by atoms with van der Waals surface area (Å²) in [5, 5.41) is 11.5. The van der Waals surface area contributed by atoms with Crippen LogP contribution in [0, 0.1) is 0 Å². The minimum absolute atomic E-state index is 0.0778. The van der Waals surface area contributed by atoms with E-state index >= 15 is 0 Å². The zero-order valence-electron chi connectivity index (χ0n) is 11.2. The molecule has 0 spiro atoms. The number of aliphatic hydroxyl groups excluding tert-OH is 1. The first kappa shape index (κ1) is 14.2. The minimum Gasteiger partial charge on any atom is -0.444 e. The molecule has 2 aliphatic rings. The van der Waals surface area contributed by atoms with Crippen LogP contribution in [0.25, 0.3) is 0 Å². The van der Waals surface area contributed by atoms with E-state index in [2.05, 4.69) is 10.3 Å². The van der Waals surface area contributed by atoms with E-state index in [1.165, 1.54) is 16.7 Å². The average molecular weight is 309 g/mol. The van der Waals surface area contributed by atoms with E-state index < -0.39 is 6.09 Å². The summed E-state index contributed by atoms with van der Waals surface area (Å²) in [5.74, 6) is 1.23. The third-order valence-corrected chi connectivity index (χ3v) is 4.34. The lowest BCUT2D eigenvalue weighted by Gasteiger charge is -2.18. The molecule has 8 heteroatoms. The van der Waals surface area contributed by atoms with Gasteiger partial charge in [0.05, 0.1) is 17.2 Å². The maximum absolute atomic E-state index is 11.9. The SMILES string of the molecule is O=C1CSc2ccc(N3CC(CCCO)OC3=O)nc2N1. The van der Waals surface area contributed by atoms with E-state index in [9.17, 15) is 9.59 Å². The first-order valence-corrected chi connectivity index (χ1v) is 7.68. The molecule has 2 N–H and O–H groups in total. The monoisotopic (exact) mass is 309 g/mol. The van der Waals surface area contributed by atoms with Gasteiger partial charge in [0.2, 0.25) is 5.91 Å². The standard InChI is InChI=1S/C13H15N3O4S/c17-5-1-2-8-6-16(13(19)20-8)10-4-3-9-12(14-10)15-11(18)7-21-9/h3-4,8,17H,1-2,5-7H2,(H,14,15,18). The molecule has 112 valence electrons. The van der Waals surface area contributed by atoms with Gasteiger partial charge in [-0.1, -0.05) is 0 Å². The fourth-order valence-electron chi connectivity index (χ4n) is 2.28. The molecular formula is C13H15N3O4S. The number of fused-ring (bicyclic) bond motifs is 1. The molecule has 1 fully saturated rings. The first-order chi connectivity index (χ1) is 10.2. The van der Waals surface area contributed by atoms with Gasteiger partial charge in [0.25, 0.3) is 0 Å². The number of nitrogens with zero attached hydrogens (tertiary/aromatic N) is 2. The van der Waals surface area contributed by atoms with E-state index in [1.807, 2.05) is 6.07 Å². The number of carbonyl (C=O) groups excluding carboxylic acids is 2. The van der Waals surface area contributed by atoms with Crippen LogP contribution in [0.15, 0.2) is 17.0 Å². The number of nitrogens with one attached hydrogen (secondary N) is 1. The van der Waals surface area contributed by atoms with Crippen molar-refractivity contribution in [1.82, 2.24) is 4.98 Å². The van der Waals surface area contributed by atoms with Gasteiger partial charge < -0.3 is 15.2 Å². The van der Waals surface area contributed by atoms with Crippen LogP contribution in [0.1, 0.15) is 12.8 Å². The second kappa shape index (κ2) is 5.90. The molecule has 1 atom stereocenters. The van der Waals surface area contributed by atoms with E-state index in [0.717, 1.165) is 4.90 Å². The summed E-state index contributed by atoms with van der Waals surface area (Å²) in [6, 6.07) is 3.59. The number of aromatic nitrogens is 1. The summed E-state index contributed by atoms with van der Waals surface area (Å²) in [4.78, 5) is 30.0. The Morgan fingerprint density at radius 2 is 2.33 bits per heavy atom. The number of hydrogen-bond acceptors (Lipinski definition) is 6. The Balaban J connectivity index is 1.76. The van der Waals surface area contributed by atoms with Crippen LogP contribution in [0.4, 0.5) is 16.4 Å². The summed E-state index contributed by atoms with van der Waals surface area (Å²) in [7, 11) is 0. The molecule has 2 aliphatic heterocycles. The predicted octanol–water partition coefficient (Wildman–Crippen LogP) is 1.22. The van der Waals surface area contributed by atoms with Crippen molar-refractivity contribution in [3.63, 3.8) is 0 Å². The smallest absolute Gasteiger partial charge is 0.415 e. The van der Waals surface area contributed by atoms with Gasteiger partial charge in [-0.3, -0.25) is 9.69 Å². The van der Waals surface area contributed by atoms with Crippen molar-refractivity contribution >= 4 is 35.4 Å². The van der Waals surface area contributed by atoms with Crippen LogP contribution in [0.5, 0.6) is 0 Å². The van der Waals surface area contributed by atoms with Crippen LogP contribution in [0.2, 0.25) is 0 Å². The van der Waals surface area contributed by atoms with Crippen LogP contribution in [-0.4, -0.2) is 47.1 Å². The number of cyclic esters (lactones) is 1. The lowest BCUT2D eigenvalue weighted by Crippen LogP contribution is -2.27. The molecule has 7 nitrogen and oxygen atoms in total. The van der Waals surface area contributed by atoms with E-state index in [4.69, 9.17) is 9.84 Å². The van der Waals surface area contributed by atoms with Crippen LogP contribution >= 0.6 is 11.8 Å². The zero-order chi connectivity index (χ0) is 14.8. The molecule has 3 heterocycles. The molecule has 0 aliphatic carbocycles. The molecule has 21 heavy (non-hydrogen) atoms. The normalized spacial score (nSPS) is 21.0. The van der Waals surface area contributed by atoms with Gasteiger partial charge >= 0.3 is 6.09 Å². The van der Waals surface area contributed by atoms with Crippen molar-refractivity contribution in [2.45, 2.75) is 23.8 Å². The Bertz CT molecular complexity index is 581. The highest BCUT2D eigenvalue weighted by Gasteiger charge is 2.33. The van der Waals surface area contributed by atoms with Crippen molar-refractivity contribution < 1.29 is 19.4 Å². The minimum atomic E-state index is -0.444. The third-order valence-electron chi connectivity index (χ3n) is 3.29. The highest BCUT2D eigenvalue weighted by Crippen LogP contribution is 2.32. The van der Waals surface area contributed by atoms with Crippen LogP contribution in [-0.2, 0) is 9.53 Å². The maximum Gasteiger partial charge on any atom is 0.415 e. The second-order valence-electron chi connectivity index (χ2n) is 4.84. The van der Waals surface area contributed by atoms with E-state index in [0.29, 0.717) is 36.8 Å². The van der Waals surface area contributed by atoms with Gasteiger partial charge in [-0.05, 0) is 25.0 Å². The lowest BCUT2D eigenvalue weighted by molar-refractivity contribution is -0.113. The summed E-state index contributed by atoms with van der Waals surface area (Å²) >= 11 is 1.42. The molecule has 1 unspecified atom stereocenters. The fraction of sp³-hybridized carbons (Fsp3) is 0.462. The Morgan fingerprint density at radius 1 is 1.48 bits per heavy atom. The molecule has 1 saturated heterocycles. The Morgan fingerprint density at radius 3 is 3.14 bits per heavy atom. The van der Waals surface area contributed by atoms with Crippen molar-refractivity contribution in [2.75, 3.05) is 29.1 Å². The van der Waals surface area contributed by atoms with E-state index in [-0.39, 0.29) is 18.6 Å². The Kier molecular flexibility index (Phi) is 3.98. The molecule has 1 aromatic heterocycles. The molecule has 0 aromatic carbocycles. The van der Waals surface area contributed by atoms with Gasteiger partial charge in [-0.2, -0.15) is 0 Å². The van der Waals surface area contributed by atoms with Crippen LogP contribution < -0.4 is 10.2 Å². The largest absolute Gasteiger partial charge is 0.444 e. The molecule has 1 aromatic rings. The number of thioether (sulfide) groups is 1. The van der Waals surface area contributed by atoms with Gasteiger partial charge in [0.15, 0.2) is 0 Å². The molecule has 2 amide bonds. The Hall–Kier alpha value is -1.80. The summed E-state index contributed by atoms with van der Waals surface area (Å²) in [5.41, 5.74) is 0. The summed E-state index contributed by atoms with van der Waals surface area (Å²) in [6.07, 6.45) is 0.540. The summed E-state index contributed by atoms with van der Waals surface area (Å²) in [6.45, 7) is 0.486. The molecule has 0 saturated carbocycles. The first-order valence-electron chi connectivity index (χ1n) is 6.70. The predicted molar refractivity (Wildman–Crippen MR) is 77.5 cm³/mol. The summed E-state index contributed by atoms with van der Waals surface area (Å²) < 4.78 is 5.24. The number of rotatable bonds is 4. The van der Waals surface area contributed by atoms with Crippen molar-refractivity contribution in [2.24, 2.45) is 0 Å². The number of carbonyl (C=O) groups is 2. The molecule has 0 radical (unpaired) electrons. The number of anilines is 2. The maximum atomic E-state index is 11.9. The quantitative estimate of drug-likeness (QED) is 0.869. The number of pyridine rings is 1. The van der Waals surface area contributed by atoms with Crippen molar-refractivity contribution in [1.29, 1.82) is 0 Å². The number of ether oxygens (including phenoxy) is 1. The number of amides is 2. The highest BCUT2D eigenvalue weighted by molar-refractivity contribution is 8.00. The van der Waals surface area contributed by atoms with Crippen LogP contribution in [0.3, 0.4) is 0 Å². The molecule has 3 rings (SSSR count). The van der Waals surface area contributed by atoms with Gasteiger partial charge in [0, 0.05) is 6.61 Å². The molecule has 0 bridgehead atoms. The topological polar surface area (TPSA) is 91.8 Å². The number of hydrogen-bond donors (Lipinski definition) is 2. The lowest BCUT2D eigenvalue weighted by atomic mass is 10.2. The van der Waals surface area contributed by atoms with E-state index in [1.54, 1.807) is 6.07 Å². The number of aliphatic hydroxyl groups is 1. The van der Waals surface area contributed by atoms with Gasteiger partial charge in [-0.25, -0.2) is 9.78 Å². The Labute approximate surface area is 125 Å². The van der Waals surface area contributed by atoms with Crippen molar-refractivity contribution in [3.05, 3.63) is 12.1 Å².